The molecule has 0 aliphatic rings. The van der Waals surface area contributed by atoms with Gasteiger partial charge in [-0.25, -0.2) is 9.78 Å². The number of esters is 1. The van der Waals surface area contributed by atoms with Gasteiger partial charge in [-0.1, -0.05) is 23.7 Å². The number of ether oxygens (including phenoxy) is 3. The predicted molar refractivity (Wildman–Crippen MR) is 118 cm³/mol. The topological polar surface area (TPSA) is 101 Å². The molecule has 0 N–H and O–H groups in total. The first-order valence-electron chi connectivity index (χ1n) is 8.87. The minimum Gasteiger partial charge on any atom is -0.493 e. The zero-order valence-corrected chi connectivity index (χ0v) is 18.1. The van der Waals surface area contributed by atoms with E-state index in [0.29, 0.717) is 27.8 Å². The first kappa shape index (κ1) is 22.3. The molecule has 0 aliphatic carbocycles. The molecule has 0 unspecified atom stereocenters. The molecule has 1 heterocycles. The number of nitrogens with zero attached hydrogens (tertiary/aromatic N) is 2. The molecule has 3 rings (SSSR count). The second-order valence-electron chi connectivity index (χ2n) is 6.09. The van der Waals surface area contributed by atoms with Gasteiger partial charge in [0, 0.05) is 17.5 Å². The first-order chi connectivity index (χ1) is 14.9. The van der Waals surface area contributed by atoms with Gasteiger partial charge in [-0.05, 0) is 29.8 Å². The maximum absolute atomic E-state index is 12.0. The number of carbonyl (C=O) groups excluding carboxylic acids is 1. The van der Waals surface area contributed by atoms with E-state index in [1.807, 2.05) is 12.1 Å². The van der Waals surface area contributed by atoms with Crippen molar-refractivity contribution in [3.63, 3.8) is 0 Å². The van der Waals surface area contributed by atoms with Crippen molar-refractivity contribution in [1.29, 1.82) is 0 Å². The molecule has 0 saturated heterocycles. The third kappa shape index (κ3) is 5.39. The van der Waals surface area contributed by atoms with E-state index in [1.54, 1.807) is 31.7 Å². The van der Waals surface area contributed by atoms with E-state index in [0.717, 1.165) is 5.56 Å². The van der Waals surface area contributed by atoms with Gasteiger partial charge < -0.3 is 14.2 Å². The van der Waals surface area contributed by atoms with Crippen molar-refractivity contribution in [2.75, 3.05) is 14.2 Å². The third-order valence-corrected chi connectivity index (χ3v) is 5.37. The number of methoxy groups -OCH3 is 2. The Balaban J connectivity index is 1.65. The van der Waals surface area contributed by atoms with Crippen LogP contribution in [0.2, 0.25) is 5.02 Å². The highest BCUT2D eigenvalue weighted by Gasteiger charge is 2.15. The van der Waals surface area contributed by atoms with Gasteiger partial charge in [-0.2, -0.15) is 0 Å². The maximum atomic E-state index is 12.0. The normalized spacial score (nSPS) is 10.8. The largest absolute Gasteiger partial charge is 0.493 e. The standard InChI is InChI=1S/C21H17ClN2O6S/c1-28-18-5-3-4-15(20(18)29-2)21-23-14(12-31-21)11-30-19(25)9-7-13-6-8-16(22)17(10-13)24(26)27/h3-10,12H,11H2,1-2H3. The van der Waals surface area contributed by atoms with Crippen molar-refractivity contribution in [2.45, 2.75) is 6.61 Å². The quantitative estimate of drug-likeness (QED) is 0.198. The van der Waals surface area contributed by atoms with Gasteiger partial charge in [0.1, 0.15) is 16.6 Å². The number of hydrogen-bond donors (Lipinski definition) is 0. The molecule has 3 aromatic rings. The Morgan fingerprint density at radius 2 is 2.06 bits per heavy atom. The number of halogens is 1. The van der Waals surface area contributed by atoms with Crippen molar-refractivity contribution >= 4 is 40.7 Å². The molecular formula is C21H17ClN2O6S. The molecule has 0 radical (unpaired) electrons. The van der Waals surface area contributed by atoms with Crippen LogP contribution in [0, 0.1) is 10.1 Å². The molecule has 0 amide bonds. The second kappa shape index (κ2) is 10.1. The number of hydrogen-bond acceptors (Lipinski definition) is 8. The Hall–Kier alpha value is -3.43. The monoisotopic (exact) mass is 460 g/mol. The minimum absolute atomic E-state index is 0.0211. The molecule has 160 valence electrons. The molecule has 2 aromatic carbocycles. The zero-order chi connectivity index (χ0) is 22.4. The summed E-state index contributed by atoms with van der Waals surface area (Å²) in [6.07, 6.45) is 2.60. The average molecular weight is 461 g/mol. The molecule has 0 aliphatic heterocycles. The van der Waals surface area contributed by atoms with Crippen molar-refractivity contribution < 1.29 is 23.9 Å². The highest BCUT2D eigenvalue weighted by Crippen LogP contribution is 2.39. The molecule has 0 atom stereocenters. The van der Waals surface area contributed by atoms with Crippen LogP contribution in [0.4, 0.5) is 5.69 Å². The predicted octanol–water partition coefficient (Wildman–Crippen LogP) is 5.15. The van der Waals surface area contributed by atoms with Crippen molar-refractivity contribution in [1.82, 2.24) is 4.98 Å². The van der Waals surface area contributed by atoms with Gasteiger partial charge in [0.05, 0.1) is 30.4 Å². The van der Waals surface area contributed by atoms with Crippen LogP contribution >= 0.6 is 22.9 Å². The Morgan fingerprint density at radius 3 is 2.77 bits per heavy atom. The number of carbonyl (C=O) groups is 1. The van der Waals surface area contributed by atoms with Gasteiger partial charge in [0.15, 0.2) is 11.5 Å². The van der Waals surface area contributed by atoms with Crippen LogP contribution in [0.1, 0.15) is 11.3 Å². The summed E-state index contributed by atoms with van der Waals surface area (Å²) in [6, 6.07) is 9.73. The van der Waals surface area contributed by atoms with E-state index in [-0.39, 0.29) is 17.3 Å². The van der Waals surface area contributed by atoms with Crippen LogP contribution in [0.25, 0.3) is 16.6 Å². The number of benzene rings is 2. The van der Waals surface area contributed by atoms with Crippen molar-refractivity contribution in [3.05, 3.63) is 74.2 Å². The fraction of sp³-hybridized carbons (Fsp3) is 0.143. The SMILES string of the molecule is COc1cccc(-c2nc(COC(=O)C=Cc3ccc(Cl)c([N+](=O)[O-])c3)cs2)c1OC. The summed E-state index contributed by atoms with van der Waals surface area (Å²) in [5, 5.41) is 13.4. The minimum atomic E-state index is -0.605. The lowest BCUT2D eigenvalue weighted by atomic mass is 10.2. The molecule has 31 heavy (non-hydrogen) atoms. The van der Waals surface area contributed by atoms with Gasteiger partial charge in [0.2, 0.25) is 0 Å². The summed E-state index contributed by atoms with van der Waals surface area (Å²) in [5.41, 5.74) is 1.57. The van der Waals surface area contributed by atoms with E-state index in [9.17, 15) is 14.9 Å². The summed E-state index contributed by atoms with van der Waals surface area (Å²) < 4.78 is 15.9. The Morgan fingerprint density at radius 1 is 1.26 bits per heavy atom. The molecule has 0 bridgehead atoms. The van der Waals surface area contributed by atoms with E-state index in [2.05, 4.69) is 4.98 Å². The molecule has 10 heteroatoms. The van der Waals surface area contributed by atoms with E-state index >= 15 is 0 Å². The highest BCUT2D eigenvalue weighted by atomic mass is 35.5. The Labute approximate surface area is 186 Å². The number of rotatable bonds is 8. The molecule has 8 nitrogen and oxygen atoms in total. The number of aromatic nitrogens is 1. The fourth-order valence-corrected chi connectivity index (χ4v) is 3.70. The van der Waals surface area contributed by atoms with Gasteiger partial charge in [-0.15, -0.1) is 11.3 Å². The van der Waals surface area contributed by atoms with Crippen LogP contribution in [0.15, 0.2) is 47.9 Å². The van der Waals surface area contributed by atoms with Gasteiger partial charge in [0.25, 0.3) is 5.69 Å². The number of thiazole rings is 1. The van der Waals surface area contributed by atoms with Crippen LogP contribution in [-0.4, -0.2) is 30.1 Å². The van der Waals surface area contributed by atoms with Gasteiger partial charge in [-0.3, -0.25) is 10.1 Å². The molecule has 1 aromatic heterocycles. The van der Waals surface area contributed by atoms with Crippen LogP contribution < -0.4 is 9.47 Å². The lowest BCUT2D eigenvalue weighted by Crippen LogP contribution is -2.01. The first-order valence-corrected chi connectivity index (χ1v) is 10.1. The fourth-order valence-electron chi connectivity index (χ4n) is 2.68. The van der Waals surface area contributed by atoms with Crippen molar-refractivity contribution in [3.8, 4) is 22.1 Å². The van der Waals surface area contributed by atoms with Crippen LogP contribution in [-0.2, 0) is 16.1 Å². The summed E-state index contributed by atoms with van der Waals surface area (Å²) in [7, 11) is 3.11. The summed E-state index contributed by atoms with van der Waals surface area (Å²) in [6.45, 7) is -0.0211. The van der Waals surface area contributed by atoms with Crippen LogP contribution in [0.3, 0.4) is 0 Å². The lowest BCUT2D eigenvalue weighted by Gasteiger charge is -2.10. The molecule has 0 saturated carbocycles. The Kier molecular flexibility index (Phi) is 7.22. The maximum Gasteiger partial charge on any atom is 0.331 e. The van der Waals surface area contributed by atoms with E-state index in [1.165, 1.54) is 35.6 Å². The van der Waals surface area contributed by atoms with Gasteiger partial charge >= 0.3 is 5.97 Å². The van der Waals surface area contributed by atoms with Crippen molar-refractivity contribution in [2.24, 2.45) is 0 Å². The third-order valence-electron chi connectivity index (χ3n) is 4.13. The summed E-state index contributed by atoms with van der Waals surface area (Å²) >= 11 is 7.16. The zero-order valence-electron chi connectivity index (χ0n) is 16.5. The smallest absolute Gasteiger partial charge is 0.331 e. The number of para-hydroxylation sites is 1. The lowest BCUT2D eigenvalue weighted by molar-refractivity contribution is -0.384. The number of nitro benzene ring substituents is 1. The van der Waals surface area contributed by atoms with E-state index in [4.69, 9.17) is 25.8 Å². The van der Waals surface area contributed by atoms with E-state index < -0.39 is 10.9 Å². The molecule has 0 fully saturated rings. The number of nitro groups is 1. The summed E-state index contributed by atoms with van der Waals surface area (Å²) in [4.78, 5) is 26.8. The Bertz CT molecular complexity index is 1140. The second-order valence-corrected chi connectivity index (χ2v) is 7.36. The molecule has 0 spiro atoms. The van der Waals surface area contributed by atoms with Crippen LogP contribution in [0.5, 0.6) is 11.5 Å². The molecular weight excluding hydrogens is 444 g/mol. The highest BCUT2D eigenvalue weighted by molar-refractivity contribution is 7.13. The summed E-state index contributed by atoms with van der Waals surface area (Å²) in [5.74, 6) is 0.560. The average Bonchev–Trinajstić information content (AvgIpc) is 3.25.